The van der Waals surface area contributed by atoms with Gasteiger partial charge in [0, 0.05) is 12.5 Å². The van der Waals surface area contributed by atoms with E-state index in [0.717, 1.165) is 29.9 Å². The predicted molar refractivity (Wildman–Crippen MR) is 56.7 cm³/mol. The van der Waals surface area contributed by atoms with Gasteiger partial charge in [0.2, 0.25) is 0 Å². The first-order chi connectivity index (χ1) is 6.81. The standard InChI is InChI=1S/C12H14O2/c1-4-5-6-10-7-8-11(13-2)9-12(10)14-3/h1,7-9H,5-6H2,2-3H3. The molecule has 0 atom stereocenters. The van der Waals surface area contributed by atoms with Gasteiger partial charge in [0.05, 0.1) is 14.2 Å². The lowest BCUT2D eigenvalue weighted by atomic mass is 10.1. The Balaban J connectivity index is 2.88. The van der Waals surface area contributed by atoms with Crippen molar-refractivity contribution in [2.75, 3.05) is 14.2 Å². The Hall–Kier alpha value is -1.62. The van der Waals surface area contributed by atoms with E-state index in [0.29, 0.717) is 0 Å². The van der Waals surface area contributed by atoms with Crippen molar-refractivity contribution in [3.8, 4) is 23.8 Å². The Labute approximate surface area is 84.8 Å². The van der Waals surface area contributed by atoms with Crippen molar-refractivity contribution >= 4 is 0 Å². The van der Waals surface area contributed by atoms with E-state index in [4.69, 9.17) is 15.9 Å². The minimum atomic E-state index is 0.725. The number of aryl methyl sites for hydroxylation is 1. The van der Waals surface area contributed by atoms with Crippen LogP contribution in [0.2, 0.25) is 0 Å². The van der Waals surface area contributed by atoms with Crippen molar-refractivity contribution < 1.29 is 9.47 Å². The number of hydrogen-bond acceptors (Lipinski definition) is 2. The van der Waals surface area contributed by atoms with Crippen LogP contribution in [-0.2, 0) is 6.42 Å². The second-order valence-electron chi connectivity index (χ2n) is 2.88. The van der Waals surface area contributed by atoms with Crippen molar-refractivity contribution in [1.29, 1.82) is 0 Å². The molecule has 2 heteroatoms. The molecule has 0 bridgehead atoms. The molecular formula is C12H14O2. The van der Waals surface area contributed by atoms with E-state index < -0.39 is 0 Å². The summed E-state index contributed by atoms with van der Waals surface area (Å²) in [5, 5.41) is 0. The zero-order valence-electron chi connectivity index (χ0n) is 8.54. The van der Waals surface area contributed by atoms with Gasteiger partial charge in [0.25, 0.3) is 0 Å². The zero-order valence-corrected chi connectivity index (χ0v) is 8.54. The molecular weight excluding hydrogens is 176 g/mol. The average molecular weight is 190 g/mol. The van der Waals surface area contributed by atoms with Crippen molar-refractivity contribution in [3.63, 3.8) is 0 Å². The number of hydrogen-bond donors (Lipinski definition) is 0. The van der Waals surface area contributed by atoms with Gasteiger partial charge in [0.1, 0.15) is 11.5 Å². The van der Waals surface area contributed by atoms with Crippen molar-refractivity contribution in [1.82, 2.24) is 0 Å². The highest BCUT2D eigenvalue weighted by Gasteiger charge is 2.03. The topological polar surface area (TPSA) is 18.5 Å². The van der Waals surface area contributed by atoms with Gasteiger partial charge in [-0.2, -0.15) is 0 Å². The van der Waals surface area contributed by atoms with Crippen LogP contribution in [0.3, 0.4) is 0 Å². The summed E-state index contributed by atoms with van der Waals surface area (Å²) in [4.78, 5) is 0. The number of terminal acetylenes is 1. The lowest BCUT2D eigenvalue weighted by molar-refractivity contribution is 0.391. The van der Waals surface area contributed by atoms with E-state index >= 15 is 0 Å². The monoisotopic (exact) mass is 190 g/mol. The van der Waals surface area contributed by atoms with Crippen molar-refractivity contribution in [2.24, 2.45) is 0 Å². The van der Waals surface area contributed by atoms with Gasteiger partial charge in [-0.15, -0.1) is 12.3 Å². The summed E-state index contributed by atoms with van der Waals surface area (Å²) in [5.74, 6) is 4.24. The first-order valence-electron chi connectivity index (χ1n) is 4.46. The SMILES string of the molecule is C#CCCc1ccc(OC)cc1OC. The molecule has 0 fully saturated rings. The molecule has 0 aliphatic rings. The van der Waals surface area contributed by atoms with Crippen LogP contribution in [0.1, 0.15) is 12.0 Å². The van der Waals surface area contributed by atoms with Crippen LogP contribution in [0.5, 0.6) is 11.5 Å². The summed E-state index contributed by atoms with van der Waals surface area (Å²) in [5.41, 5.74) is 1.12. The fourth-order valence-electron chi connectivity index (χ4n) is 1.27. The van der Waals surface area contributed by atoms with Gasteiger partial charge in [-0.25, -0.2) is 0 Å². The molecule has 0 saturated heterocycles. The molecule has 0 heterocycles. The van der Waals surface area contributed by atoms with Crippen LogP contribution in [0.4, 0.5) is 0 Å². The molecule has 1 rings (SSSR count). The molecule has 0 aliphatic heterocycles. The Morgan fingerprint density at radius 3 is 2.64 bits per heavy atom. The normalized spacial score (nSPS) is 9.21. The molecule has 1 aromatic carbocycles. The first-order valence-corrected chi connectivity index (χ1v) is 4.46. The van der Waals surface area contributed by atoms with E-state index in [-0.39, 0.29) is 0 Å². The number of benzene rings is 1. The molecule has 0 unspecified atom stereocenters. The van der Waals surface area contributed by atoms with Gasteiger partial charge >= 0.3 is 0 Å². The fourth-order valence-corrected chi connectivity index (χ4v) is 1.27. The van der Waals surface area contributed by atoms with Crippen LogP contribution in [0, 0.1) is 12.3 Å². The molecule has 0 radical (unpaired) electrons. The molecule has 0 amide bonds. The third-order valence-electron chi connectivity index (χ3n) is 2.03. The molecule has 14 heavy (non-hydrogen) atoms. The Morgan fingerprint density at radius 2 is 2.07 bits per heavy atom. The summed E-state index contributed by atoms with van der Waals surface area (Å²) in [6, 6.07) is 5.76. The smallest absolute Gasteiger partial charge is 0.125 e. The van der Waals surface area contributed by atoms with Crippen LogP contribution >= 0.6 is 0 Å². The molecule has 0 saturated carbocycles. The first kappa shape index (κ1) is 10.5. The van der Waals surface area contributed by atoms with Gasteiger partial charge in [-0.05, 0) is 18.1 Å². The molecule has 0 spiro atoms. The maximum absolute atomic E-state index is 5.24. The molecule has 0 N–H and O–H groups in total. The molecule has 1 aromatic rings. The lowest BCUT2D eigenvalue weighted by Gasteiger charge is -2.08. The second kappa shape index (κ2) is 5.18. The highest BCUT2D eigenvalue weighted by molar-refractivity contribution is 5.41. The number of ether oxygens (including phenoxy) is 2. The Kier molecular flexibility index (Phi) is 3.87. The van der Waals surface area contributed by atoms with Crippen LogP contribution in [0.25, 0.3) is 0 Å². The lowest BCUT2D eigenvalue weighted by Crippen LogP contribution is -1.93. The van der Waals surface area contributed by atoms with E-state index in [1.54, 1.807) is 14.2 Å². The zero-order chi connectivity index (χ0) is 10.4. The quantitative estimate of drug-likeness (QED) is 0.678. The number of rotatable bonds is 4. The Morgan fingerprint density at radius 1 is 1.29 bits per heavy atom. The molecule has 0 aromatic heterocycles. The minimum Gasteiger partial charge on any atom is -0.497 e. The molecule has 2 nitrogen and oxygen atoms in total. The van der Waals surface area contributed by atoms with Crippen LogP contribution in [-0.4, -0.2) is 14.2 Å². The third-order valence-corrected chi connectivity index (χ3v) is 2.03. The van der Waals surface area contributed by atoms with Gasteiger partial charge in [-0.3, -0.25) is 0 Å². The van der Waals surface area contributed by atoms with E-state index in [1.807, 2.05) is 18.2 Å². The summed E-state index contributed by atoms with van der Waals surface area (Å²) < 4.78 is 10.3. The molecule has 0 aliphatic carbocycles. The van der Waals surface area contributed by atoms with Crippen molar-refractivity contribution in [3.05, 3.63) is 23.8 Å². The fraction of sp³-hybridized carbons (Fsp3) is 0.333. The highest BCUT2D eigenvalue weighted by atomic mass is 16.5. The third kappa shape index (κ3) is 2.43. The average Bonchev–Trinajstić information content (AvgIpc) is 2.26. The summed E-state index contributed by atoms with van der Waals surface area (Å²) in [7, 11) is 3.28. The minimum absolute atomic E-state index is 0.725. The maximum Gasteiger partial charge on any atom is 0.125 e. The summed E-state index contributed by atoms with van der Waals surface area (Å²) in [6.07, 6.45) is 6.77. The summed E-state index contributed by atoms with van der Waals surface area (Å²) in [6.45, 7) is 0. The van der Waals surface area contributed by atoms with E-state index in [2.05, 4.69) is 5.92 Å². The van der Waals surface area contributed by atoms with E-state index in [1.165, 1.54) is 0 Å². The second-order valence-corrected chi connectivity index (χ2v) is 2.88. The number of methoxy groups -OCH3 is 2. The van der Waals surface area contributed by atoms with Gasteiger partial charge in [-0.1, -0.05) is 6.07 Å². The van der Waals surface area contributed by atoms with Crippen molar-refractivity contribution in [2.45, 2.75) is 12.8 Å². The van der Waals surface area contributed by atoms with E-state index in [9.17, 15) is 0 Å². The maximum atomic E-state index is 5.24. The summed E-state index contributed by atoms with van der Waals surface area (Å²) >= 11 is 0. The van der Waals surface area contributed by atoms with Crippen LogP contribution in [0.15, 0.2) is 18.2 Å². The highest BCUT2D eigenvalue weighted by Crippen LogP contribution is 2.25. The van der Waals surface area contributed by atoms with Gasteiger partial charge < -0.3 is 9.47 Å². The van der Waals surface area contributed by atoms with Gasteiger partial charge in [0.15, 0.2) is 0 Å². The predicted octanol–water partition coefficient (Wildman–Crippen LogP) is 2.27. The largest absolute Gasteiger partial charge is 0.497 e. The Bertz CT molecular complexity index is 337. The van der Waals surface area contributed by atoms with Crippen LogP contribution < -0.4 is 9.47 Å². The molecule has 74 valence electrons.